The minimum Gasteiger partial charge on any atom is -0.497 e. The molecule has 156 valence electrons. The first-order chi connectivity index (χ1) is 14.4. The van der Waals surface area contributed by atoms with Crippen LogP contribution in [0.1, 0.15) is 16.1 Å². The fourth-order valence-electron chi connectivity index (χ4n) is 2.39. The summed E-state index contributed by atoms with van der Waals surface area (Å²) >= 11 is 0. The summed E-state index contributed by atoms with van der Waals surface area (Å²) in [6, 6.07) is 13.8. The van der Waals surface area contributed by atoms with Crippen molar-refractivity contribution in [2.75, 3.05) is 14.2 Å². The molecule has 2 aromatic carbocycles. The highest BCUT2D eigenvalue weighted by molar-refractivity contribution is 7.89. The second-order valence-corrected chi connectivity index (χ2v) is 7.43. The van der Waals surface area contributed by atoms with Gasteiger partial charge in [0.05, 0.1) is 26.7 Å². The van der Waals surface area contributed by atoms with Gasteiger partial charge in [-0.1, -0.05) is 0 Å². The molecule has 0 bridgehead atoms. The number of nitrogens with zero attached hydrogens (tertiary/aromatic N) is 1. The quantitative estimate of drug-likeness (QED) is 0.253. The average Bonchev–Trinajstić information content (AvgIpc) is 3.29. The van der Waals surface area contributed by atoms with Crippen LogP contribution in [0, 0.1) is 0 Å². The summed E-state index contributed by atoms with van der Waals surface area (Å²) in [5, 5.41) is 3.77. The third-order valence-electron chi connectivity index (χ3n) is 3.86. The van der Waals surface area contributed by atoms with E-state index in [4.69, 9.17) is 18.6 Å². The van der Waals surface area contributed by atoms with Crippen molar-refractivity contribution < 1.29 is 31.8 Å². The van der Waals surface area contributed by atoms with Gasteiger partial charge in [-0.2, -0.15) is 18.4 Å². The predicted octanol–water partition coefficient (Wildman–Crippen LogP) is 2.83. The summed E-state index contributed by atoms with van der Waals surface area (Å²) in [6.45, 7) is 0. The topological polar surface area (TPSA) is 116 Å². The van der Waals surface area contributed by atoms with Gasteiger partial charge in [-0.3, -0.25) is 0 Å². The van der Waals surface area contributed by atoms with Gasteiger partial charge < -0.3 is 18.6 Å². The number of methoxy groups -OCH3 is 2. The molecule has 10 heteroatoms. The second-order valence-electron chi connectivity index (χ2n) is 5.81. The Bertz CT molecular complexity index is 1140. The van der Waals surface area contributed by atoms with Gasteiger partial charge in [0.1, 0.15) is 22.1 Å². The van der Waals surface area contributed by atoms with Gasteiger partial charge in [-0.15, -0.1) is 0 Å². The molecular weight excluding hydrogens is 412 g/mol. The molecule has 0 aliphatic heterocycles. The summed E-state index contributed by atoms with van der Waals surface area (Å²) < 4.78 is 45.3. The van der Waals surface area contributed by atoms with Crippen LogP contribution in [0.25, 0.3) is 0 Å². The van der Waals surface area contributed by atoms with Crippen molar-refractivity contribution in [1.29, 1.82) is 0 Å². The van der Waals surface area contributed by atoms with Gasteiger partial charge in [-0.25, -0.2) is 4.79 Å². The summed E-state index contributed by atoms with van der Waals surface area (Å²) in [5.74, 6) is 0.278. The van der Waals surface area contributed by atoms with Crippen LogP contribution < -0.4 is 19.0 Å². The van der Waals surface area contributed by atoms with Crippen LogP contribution in [0.2, 0.25) is 0 Å². The SMILES string of the molecule is COc1ccc(OC)c(S(=O)(=O)N/N=C\c2ccc(OC(=O)c3ccco3)cc2)c1. The van der Waals surface area contributed by atoms with E-state index in [-0.39, 0.29) is 16.4 Å². The number of rotatable bonds is 8. The van der Waals surface area contributed by atoms with Crippen molar-refractivity contribution in [3.05, 3.63) is 72.2 Å². The number of carbonyl (C=O) groups is 1. The van der Waals surface area contributed by atoms with E-state index < -0.39 is 16.0 Å². The number of esters is 1. The van der Waals surface area contributed by atoms with Gasteiger partial charge in [0.15, 0.2) is 0 Å². The third-order valence-corrected chi connectivity index (χ3v) is 5.10. The molecule has 0 radical (unpaired) electrons. The van der Waals surface area contributed by atoms with Crippen molar-refractivity contribution in [3.8, 4) is 17.2 Å². The smallest absolute Gasteiger partial charge is 0.379 e. The number of ether oxygens (including phenoxy) is 3. The van der Waals surface area contributed by atoms with Crippen LogP contribution in [0.4, 0.5) is 0 Å². The highest BCUT2D eigenvalue weighted by Crippen LogP contribution is 2.27. The first-order valence-corrected chi connectivity index (χ1v) is 10.0. The van der Waals surface area contributed by atoms with E-state index in [2.05, 4.69) is 9.93 Å². The minimum absolute atomic E-state index is 0.0861. The first kappa shape index (κ1) is 20.9. The monoisotopic (exact) mass is 430 g/mol. The number of carbonyl (C=O) groups excluding carboxylic acids is 1. The van der Waals surface area contributed by atoms with E-state index in [1.807, 2.05) is 0 Å². The maximum Gasteiger partial charge on any atom is 0.379 e. The fraction of sp³-hybridized carbons (Fsp3) is 0.100. The van der Waals surface area contributed by atoms with Crippen LogP contribution in [-0.4, -0.2) is 34.8 Å². The Hall–Kier alpha value is -3.79. The molecule has 0 saturated carbocycles. The van der Waals surface area contributed by atoms with Gasteiger partial charge in [0.2, 0.25) is 5.76 Å². The molecule has 3 aromatic rings. The number of furan rings is 1. The molecule has 0 spiro atoms. The maximum absolute atomic E-state index is 12.5. The first-order valence-electron chi connectivity index (χ1n) is 8.55. The Labute approximate surface area is 172 Å². The number of hydrogen-bond donors (Lipinski definition) is 1. The molecule has 0 aliphatic carbocycles. The number of hydrazone groups is 1. The molecule has 9 nitrogen and oxygen atoms in total. The normalized spacial score (nSPS) is 11.3. The van der Waals surface area contributed by atoms with Crippen LogP contribution >= 0.6 is 0 Å². The molecule has 0 amide bonds. The lowest BCUT2D eigenvalue weighted by Gasteiger charge is -2.10. The highest BCUT2D eigenvalue weighted by atomic mass is 32.2. The summed E-state index contributed by atoms with van der Waals surface area (Å²) in [7, 11) is -1.19. The number of nitrogens with one attached hydrogen (secondary N) is 1. The zero-order chi connectivity index (χ0) is 21.6. The van der Waals surface area contributed by atoms with Crippen LogP contribution in [-0.2, 0) is 10.0 Å². The molecule has 1 heterocycles. The van der Waals surface area contributed by atoms with E-state index in [0.717, 1.165) is 0 Å². The van der Waals surface area contributed by atoms with Gasteiger partial charge in [0, 0.05) is 6.07 Å². The predicted molar refractivity (Wildman–Crippen MR) is 108 cm³/mol. The molecular formula is C20H18N2O7S. The van der Waals surface area contributed by atoms with Gasteiger partial charge in [-0.05, 0) is 54.1 Å². The molecule has 0 aliphatic rings. The van der Waals surface area contributed by atoms with Crippen molar-refractivity contribution in [2.24, 2.45) is 5.10 Å². The maximum atomic E-state index is 12.5. The second kappa shape index (κ2) is 9.14. The molecule has 0 saturated heterocycles. The van der Waals surface area contributed by atoms with E-state index in [9.17, 15) is 13.2 Å². The molecule has 1 aromatic heterocycles. The summed E-state index contributed by atoms with van der Waals surface area (Å²) in [5.41, 5.74) is 0.577. The Morgan fingerprint density at radius 1 is 1.03 bits per heavy atom. The van der Waals surface area contributed by atoms with Crippen LogP contribution in [0.15, 0.2) is 75.3 Å². The van der Waals surface area contributed by atoms with E-state index in [1.165, 1.54) is 44.9 Å². The zero-order valence-corrected chi connectivity index (χ0v) is 16.9. The van der Waals surface area contributed by atoms with Crippen molar-refractivity contribution in [2.45, 2.75) is 4.90 Å². The lowest BCUT2D eigenvalue weighted by atomic mass is 10.2. The van der Waals surface area contributed by atoms with Crippen LogP contribution in [0.5, 0.6) is 17.2 Å². The van der Waals surface area contributed by atoms with Crippen molar-refractivity contribution in [3.63, 3.8) is 0 Å². The Morgan fingerprint density at radius 2 is 1.77 bits per heavy atom. The standard InChI is InChI=1S/C20H18N2O7S/c1-26-16-9-10-17(27-2)19(12-16)30(24,25)22-21-13-14-5-7-15(8-6-14)29-20(23)18-4-3-11-28-18/h3-13,22H,1-2H3/b21-13-. The van der Waals surface area contributed by atoms with E-state index >= 15 is 0 Å². The van der Waals surface area contributed by atoms with Gasteiger partial charge >= 0.3 is 5.97 Å². The Balaban J connectivity index is 1.67. The fourth-order valence-corrected chi connectivity index (χ4v) is 3.36. The van der Waals surface area contributed by atoms with E-state index in [1.54, 1.807) is 36.4 Å². The summed E-state index contributed by atoms with van der Waals surface area (Å²) in [6.07, 6.45) is 2.68. The van der Waals surface area contributed by atoms with E-state index in [0.29, 0.717) is 17.1 Å². The number of benzene rings is 2. The Morgan fingerprint density at radius 3 is 2.40 bits per heavy atom. The minimum atomic E-state index is -3.99. The van der Waals surface area contributed by atoms with Crippen molar-refractivity contribution >= 4 is 22.2 Å². The average molecular weight is 430 g/mol. The lowest BCUT2D eigenvalue weighted by molar-refractivity contribution is 0.0701. The molecule has 1 N–H and O–H groups in total. The lowest BCUT2D eigenvalue weighted by Crippen LogP contribution is -2.19. The highest BCUT2D eigenvalue weighted by Gasteiger charge is 2.20. The van der Waals surface area contributed by atoms with Gasteiger partial charge in [0.25, 0.3) is 10.0 Å². The van der Waals surface area contributed by atoms with Crippen molar-refractivity contribution in [1.82, 2.24) is 4.83 Å². The summed E-state index contributed by atoms with van der Waals surface area (Å²) in [4.78, 5) is 13.9. The zero-order valence-electron chi connectivity index (χ0n) is 16.1. The third kappa shape index (κ3) is 4.97. The molecule has 3 rings (SSSR count). The number of hydrogen-bond acceptors (Lipinski definition) is 8. The largest absolute Gasteiger partial charge is 0.497 e. The Kier molecular flexibility index (Phi) is 6.38. The molecule has 0 atom stereocenters. The molecule has 0 fully saturated rings. The molecule has 30 heavy (non-hydrogen) atoms. The van der Waals surface area contributed by atoms with Crippen LogP contribution in [0.3, 0.4) is 0 Å². The number of sulfonamides is 1. The molecule has 0 unspecified atom stereocenters.